The van der Waals surface area contributed by atoms with Crippen LogP contribution < -0.4 is 0 Å². The minimum Gasteiger partial charge on any atom is -0.464 e. The Kier molecular flexibility index (Phi) is 9.42. The van der Waals surface area contributed by atoms with Gasteiger partial charge in [0.1, 0.15) is 18.1 Å². The van der Waals surface area contributed by atoms with E-state index in [4.69, 9.17) is 9.15 Å². The van der Waals surface area contributed by atoms with Crippen LogP contribution in [-0.2, 0) is 28.8 Å². The van der Waals surface area contributed by atoms with Crippen LogP contribution in [0.4, 0.5) is 13.2 Å². The van der Waals surface area contributed by atoms with Crippen LogP contribution in [0.25, 0.3) is 0 Å². The second-order valence-electron chi connectivity index (χ2n) is 9.50. The van der Waals surface area contributed by atoms with Gasteiger partial charge in [0.25, 0.3) is 5.91 Å². The van der Waals surface area contributed by atoms with Gasteiger partial charge in [-0.15, -0.1) is 0 Å². The molecule has 0 spiro atoms. The Balaban J connectivity index is 1.54. The second kappa shape index (κ2) is 12.9. The quantitative estimate of drug-likeness (QED) is 0.374. The molecule has 0 N–H and O–H groups in total. The highest BCUT2D eigenvalue weighted by atomic mass is 19.4. The summed E-state index contributed by atoms with van der Waals surface area (Å²) in [4.78, 5) is 32.3. The summed E-state index contributed by atoms with van der Waals surface area (Å²) in [5, 5.41) is 0. The molecule has 0 unspecified atom stereocenters. The number of rotatable bonds is 10. The van der Waals surface area contributed by atoms with E-state index in [2.05, 4.69) is 4.90 Å². The molecule has 1 saturated heterocycles. The molecule has 0 radical (unpaired) electrons. The van der Waals surface area contributed by atoms with E-state index < -0.39 is 17.6 Å². The monoisotopic (exact) mass is 543 g/mol. The summed E-state index contributed by atoms with van der Waals surface area (Å²) in [5.74, 6) is 0.543. The molecular weight excluding hydrogens is 511 g/mol. The van der Waals surface area contributed by atoms with Crippen LogP contribution in [0.2, 0.25) is 0 Å². The van der Waals surface area contributed by atoms with E-state index >= 15 is 0 Å². The molecule has 10 heteroatoms. The number of alkyl halides is 3. The summed E-state index contributed by atoms with van der Waals surface area (Å²) in [5.41, 5.74) is 0.176. The van der Waals surface area contributed by atoms with E-state index in [0.717, 1.165) is 35.6 Å². The third kappa shape index (κ3) is 8.18. The van der Waals surface area contributed by atoms with Crippen LogP contribution >= 0.6 is 0 Å². The Morgan fingerprint density at radius 3 is 2.21 bits per heavy atom. The summed E-state index contributed by atoms with van der Waals surface area (Å²) in [7, 11) is 0. The number of benzene rings is 2. The average Bonchev–Trinajstić information content (AvgIpc) is 3.35. The predicted molar refractivity (Wildman–Crippen MR) is 139 cm³/mol. The van der Waals surface area contributed by atoms with Crippen LogP contribution in [0.1, 0.15) is 33.0 Å². The van der Waals surface area contributed by atoms with Crippen molar-refractivity contribution in [3.05, 3.63) is 94.9 Å². The smallest absolute Gasteiger partial charge is 0.416 e. The SMILES string of the molecule is Cc1ccc(CN(Cc2ccccc2)C(=O)CN(CCN2CCOCC2)C(=O)c2ccc(C(F)(F)F)cc2)o1. The van der Waals surface area contributed by atoms with Gasteiger partial charge in [-0.3, -0.25) is 14.5 Å². The highest BCUT2D eigenvalue weighted by Crippen LogP contribution is 2.29. The van der Waals surface area contributed by atoms with Crippen molar-refractivity contribution >= 4 is 11.8 Å². The summed E-state index contributed by atoms with van der Waals surface area (Å²) in [6.45, 7) is 5.45. The number of amides is 2. The summed E-state index contributed by atoms with van der Waals surface area (Å²) in [6, 6.07) is 17.2. The van der Waals surface area contributed by atoms with Crippen LogP contribution in [0.5, 0.6) is 0 Å². The highest BCUT2D eigenvalue weighted by molar-refractivity contribution is 5.96. The maximum Gasteiger partial charge on any atom is 0.416 e. The van der Waals surface area contributed by atoms with Gasteiger partial charge in [-0.1, -0.05) is 30.3 Å². The zero-order chi connectivity index (χ0) is 27.8. The zero-order valence-electron chi connectivity index (χ0n) is 21.8. The summed E-state index contributed by atoms with van der Waals surface area (Å²) >= 11 is 0. The van der Waals surface area contributed by atoms with Gasteiger partial charge in [-0.05, 0) is 48.9 Å². The van der Waals surface area contributed by atoms with Gasteiger partial charge in [0.2, 0.25) is 5.91 Å². The van der Waals surface area contributed by atoms with E-state index in [-0.39, 0.29) is 31.1 Å². The Morgan fingerprint density at radius 1 is 0.897 bits per heavy atom. The van der Waals surface area contributed by atoms with Crippen LogP contribution in [-0.4, -0.2) is 72.5 Å². The minimum atomic E-state index is -4.50. The zero-order valence-corrected chi connectivity index (χ0v) is 21.8. The fourth-order valence-electron chi connectivity index (χ4n) is 4.38. The number of morpholine rings is 1. The molecule has 0 atom stereocenters. The standard InChI is InChI=1S/C29H32F3N3O4/c1-22-7-12-26(39-22)20-35(19-23-5-3-2-4-6-23)27(36)21-34(14-13-33-15-17-38-18-16-33)28(37)24-8-10-25(11-9-24)29(30,31)32/h2-12H,13-21H2,1H3. The van der Waals surface area contributed by atoms with Gasteiger partial charge in [-0.25, -0.2) is 0 Å². The fraction of sp³-hybridized carbons (Fsp3) is 0.379. The number of hydrogen-bond acceptors (Lipinski definition) is 5. The summed E-state index contributed by atoms with van der Waals surface area (Å²) < 4.78 is 50.3. The van der Waals surface area contributed by atoms with Crippen LogP contribution in [0, 0.1) is 6.92 Å². The molecule has 0 bridgehead atoms. The first-order chi connectivity index (χ1) is 18.7. The van der Waals surface area contributed by atoms with Crippen molar-refractivity contribution < 1.29 is 31.9 Å². The molecule has 3 aromatic rings. The number of nitrogens with zero attached hydrogens (tertiary/aromatic N) is 3. The molecule has 1 aromatic heterocycles. The molecule has 208 valence electrons. The molecule has 0 aliphatic carbocycles. The van der Waals surface area contributed by atoms with Gasteiger partial charge in [0.05, 0.1) is 25.3 Å². The maximum atomic E-state index is 13.6. The number of hydrogen-bond donors (Lipinski definition) is 0. The third-order valence-corrected chi connectivity index (χ3v) is 6.57. The molecule has 0 saturated carbocycles. The van der Waals surface area contributed by atoms with Crippen molar-refractivity contribution in [1.82, 2.24) is 14.7 Å². The normalized spacial score (nSPS) is 14.3. The Labute approximate surface area is 225 Å². The van der Waals surface area contributed by atoms with Crippen LogP contribution in [0.3, 0.4) is 0 Å². The Hall–Kier alpha value is -3.63. The second-order valence-corrected chi connectivity index (χ2v) is 9.50. The number of ether oxygens (including phenoxy) is 1. The molecular formula is C29H32F3N3O4. The number of carbonyl (C=O) groups is 2. The number of furan rings is 1. The molecule has 7 nitrogen and oxygen atoms in total. The molecule has 1 fully saturated rings. The largest absolute Gasteiger partial charge is 0.464 e. The van der Waals surface area contributed by atoms with Gasteiger partial charge >= 0.3 is 6.18 Å². The number of halogens is 3. The number of aryl methyl sites for hydroxylation is 1. The molecule has 1 aliphatic rings. The van der Waals surface area contributed by atoms with Gasteiger partial charge in [0, 0.05) is 38.3 Å². The Bertz CT molecular complexity index is 1220. The molecule has 2 heterocycles. The number of carbonyl (C=O) groups excluding carboxylic acids is 2. The fourth-order valence-corrected chi connectivity index (χ4v) is 4.38. The first-order valence-corrected chi connectivity index (χ1v) is 12.8. The summed E-state index contributed by atoms with van der Waals surface area (Å²) in [6.07, 6.45) is -4.50. The van der Waals surface area contributed by atoms with Crippen molar-refractivity contribution in [2.24, 2.45) is 0 Å². The minimum absolute atomic E-state index is 0.0917. The molecule has 2 aromatic carbocycles. The lowest BCUT2D eigenvalue weighted by Crippen LogP contribution is -2.47. The van der Waals surface area contributed by atoms with Gasteiger partial charge in [-0.2, -0.15) is 13.2 Å². The van der Waals surface area contributed by atoms with E-state index in [0.29, 0.717) is 45.2 Å². The molecule has 1 aliphatic heterocycles. The molecule has 39 heavy (non-hydrogen) atoms. The van der Waals surface area contributed by atoms with E-state index in [1.165, 1.54) is 4.90 Å². The van der Waals surface area contributed by atoms with Crippen molar-refractivity contribution in [2.45, 2.75) is 26.2 Å². The van der Waals surface area contributed by atoms with E-state index in [1.54, 1.807) is 4.90 Å². The predicted octanol–water partition coefficient (Wildman–Crippen LogP) is 4.61. The highest BCUT2D eigenvalue weighted by Gasteiger charge is 2.31. The lowest BCUT2D eigenvalue weighted by atomic mass is 10.1. The van der Waals surface area contributed by atoms with E-state index in [9.17, 15) is 22.8 Å². The first-order valence-electron chi connectivity index (χ1n) is 12.8. The molecule has 2 amide bonds. The van der Waals surface area contributed by atoms with E-state index in [1.807, 2.05) is 49.4 Å². The lowest BCUT2D eigenvalue weighted by Gasteiger charge is -2.31. The van der Waals surface area contributed by atoms with Crippen molar-refractivity contribution in [3.8, 4) is 0 Å². The van der Waals surface area contributed by atoms with Crippen molar-refractivity contribution in [3.63, 3.8) is 0 Å². The average molecular weight is 544 g/mol. The topological polar surface area (TPSA) is 66.2 Å². The third-order valence-electron chi connectivity index (χ3n) is 6.57. The van der Waals surface area contributed by atoms with Gasteiger partial charge < -0.3 is 19.0 Å². The van der Waals surface area contributed by atoms with Crippen molar-refractivity contribution in [2.75, 3.05) is 45.9 Å². The van der Waals surface area contributed by atoms with Crippen LogP contribution in [0.15, 0.2) is 71.1 Å². The Morgan fingerprint density at radius 2 is 1.59 bits per heavy atom. The molecule has 4 rings (SSSR count). The lowest BCUT2D eigenvalue weighted by molar-refractivity contribution is -0.137. The van der Waals surface area contributed by atoms with Gasteiger partial charge in [0.15, 0.2) is 0 Å². The maximum absolute atomic E-state index is 13.6. The van der Waals surface area contributed by atoms with Crippen molar-refractivity contribution in [1.29, 1.82) is 0 Å². The first kappa shape index (κ1) is 28.4.